The van der Waals surface area contributed by atoms with Crippen LogP contribution in [-0.2, 0) is 6.42 Å². The van der Waals surface area contributed by atoms with Crippen LogP contribution >= 0.6 is 11.3 Å². The molecule has 158 valence electrons. The van der Waals surface area contributed by atoms with E-state index in [2.05, 4.69) is 36.8 Å². The molecule has 30 heavy (non-hydrogen) atoms. The van der Waals surface area contributed by atoms with Gasteiger partial charge in [0.05, 0.1) is 11.2 Å². The summed E-state index contributed by atoms with van der Waals surface area (Å²) in [5.41, 5.74) is 1.62. The maximum atomic E-state index is 13.0. The standard InChI is InChI=1S/C24H29N3O2S/c1-15(2)10-21-13-22-23(30-21)24(28)27(14-25-22)16-6-8-19(9-7-16)29-20-11-17-4-5-18(12-20)26(17)3/h6-9,13-15,17-18,20H,4-5,10-12H2,1-3H3/t17-,18+,20+. The topological polar surface area (TPSA) is 47.4 Å². The van der Waals surface area contributed by atoms with Crippen molar-refractivity contribution < 1.29 is 4.74 Å². The molecule has 5 rings (SSSR count). The molecule has 0 spiro atoms. The van der Waals surface area contributed by atoms with E-state index in [1.54, 1.807) is 22.2 Å². The number of aromatic nitrogens is 2. The Morgan fingerprint density at radius 3 is 2.53 bits per heavy atom. The van der Waals surface area contributed by atoms with Gasteiger partial charge in [-0.25, -0.2) is 4.98 Å². The first-order valence-corrected chi connectivity index (χ1v) is 11.8. The number of piperidine rings is 1. The minimum atomic E-state index is 0.000525. The third-order valence-electron chi connectivity index (χ3n) is 6.57. The van der Waals surface area contributed by atoms with Crippen molar-refractivity contribution in [1.29, 1.82) is 0 Å². The van der Waals surface area contributed by atoms with Gasteiger partial charge in [0.2, 0.25) is 0 Å². The molecule has 6 heteroatoms. The molecule has 0 N–H and O–H groups in total. The molecule has 2 aliphatic heterocycles. The van der Waals surface area contributed by atoms with Gasteiger partial charge in [0.25, 0.3) is 5.56 Å². The smallest absolute Gasteiger partial charge is 0.275 e. The van der Waals surface area contributed by atoms with Gasteiger partial charge in [-0.2, -0.15) is 0 Å². The molecule has 2 bridgehead atoms. The number of nitrogens with zero attached hydrogens (tertiary/aromatic N) is 3. The van der Waals surface area contributed by atoms with E-state index in [-0.39, 0.29) is 11.7 Å². The molecule has 2 aliphatic rings. The van der Waals surface area contributed by atoms with Gasteiger partial charge in [-0.05, 0) is 75.4 Å². The molecule has 0 saturated carbocycles. The lowest BCUT2D eigenvalue weighted by molar-refractivity contribution is 0.0662. The largest absolute Gasteiger partial charge is 0.490 e. The van der Waals surface area contributed by atoms with Crippen LogP contribution in [0.4, 0.5) is 0 Å². The molecular formula is C24H29N3O2S. The summed E-state index contributed by atoms with van der Waals surface area (Å²) >= 11 is 1.57. The van der Waals surface area contributed by atoms with Crippen LogP contribution in [0.1, 0.15) is 44.4 Å². The first kappa shape index (κ1) is 19.8. The van der Waals surface area contributed by atoms with Crippen LogP contribution in [0.3, 0.4) is 0 Å². The molecule has 0 aliphatic carbocycles. The zero-order valence-electron chi connectivity index (χ0n) is 17.9. The Bertz CT molecular complexity index is 1090. The lowest BCUT2D eigenvalue weighted by Gasteiger charge is -2.36. The number of hydrogen-bond acceptors (Lipinski definition) is 5. The highest BCUT2D eigenvalue weighted by atomic mass is 32.1. The Kier molecular flexibility index (Phi) is 5.15. The molecule has 2 saturated heterocycles. The Balaban J connectivity index is 1.34. The zero-order valence-corrected chi connectivity index (χ0v) is 18.7. The van der Waals surface area contributed by atoms with Crippen LogP contribution in [0.2, 0.25) is 0 Å². The van der Waals surface area contributed by atoms with E-state index >= 15 is 0 Å². The number of benzene rings is 1. The van der Waals surface area contributed by atoms with Gasteiger partial charge in [-0.15, -0.1) is 11.3 Å². The predicted molar refractivity (Wildman–Crippen MR) is 122 cm³/mol. The van der Waals surface area contributed by atoms with Crippen molar-refractivity contribution in [1.82, 2.24) is 14.5 Å². The Hall–Kier alpha value is -2.18. The molecule has 4 heterocycles. The third-order valence-corrected chi connectivity index (χ3v) is 7.71. The molecule has 2 fully saturated rings. The van der Waals surface area contributed by atoms with E-state index < -0.39 is 0 Å². The summed E-state index contributed by atoms with van der Waals surface area (Å²) < 4.78 is 8.66. The summed E-state index contributed by atoms with van der Waals surface area (Å²) in [5, 5.41) is 0. The molecule has 1 aromatic carbocycles. The highest BCUT2D eigenvalue weighted by Gasteiger charge is 2.39. The second kappa shape index (κ2) is 7.82. The van der Waals surface area contributed by atoms with Gasteiger partial charge in [0, 0.05) is 17.0 Å². The first-order valence-electron chi connectivity index (χ1n) is 11.0. The fourth-order valence-electron chi connectivity index (χ4n) is 4.98. The van der Waals surface area contributed by atoms with E-state index in [4.69, 9.17) is 4.74 Å². The van der Waals surface area contributed by atoms with Crippen LogP contribution in [0, 0.1) is 5.92 Å². The lowest BCUT2D eigenvalue weighted by atomic mass is 10.0. The number of ether oxygens (including phenoxy) is 1. The van der Waals surface area contributed by atoms with Gasteiger partial charge >= 0.3 is 0 Å². The average Bonchev–Trinajstić information content (AvgIpc) is 3.19. The summed E-state index contributed by atoms with van der Waals surface area (Å²) in [5.74, 6) is 1.44. The average molecular weight is 424 g/mol. The van der Waals surface area contributed by atoms with Gasteiger partial charge in [0.1, 0.15) is 22.9 Å². The fraction of sp³-hybridized carbons (Fsp3) is 0.500. The third kappa shape index (κ3) is 3.67. The van der Waals surface area contributed by atoms with E-state index in [0.29, 0.717) is 18.0 Å². The SMILES string of the molecule is CC(C)Cc1cc2ncn(-c3ccc(O[C@H]4C[C@H]5CC[C@@H](C4)N5C)cc3)c(=O)c2s1. The molecule has 0 radical (unpaired) electrons. The zero-order chi connectivity index (χ0) is 20.8. The van der Waals surface area contributed by atoms with E-state index in [1.807, 2.05) is 24.3 Å². The predicted octanol–water partition coefficient (Wildman–Crippen LogP) is 4.65. The molecule has 5 nitrogen and oxygen atoms in total. The molecule has 0 unspecified atom stereocenters. The lowest BCUT2D eigenvalue weighted by Crippen LogP contribution is -2.43. The van der Waals surface area contributed by atoms with Crippen molar-refractivity contribution in [3.05, 3.63) is 51.9 Å². The summed E-state index contributed by atoms with van der Waals surface area (Å²) in [6, 6.07) is 11.2. The highest BCUT2D eigenvalue weighted by Crippen LogP contribution is 2.36. The minimum absolute atomic E-state index is 0.000525. The Labute approximate surface area is 181 Å². The van der Waals surface area contributed by atoms with Crippen molar-refractivity contribution in [2.24, 2.45) is 5.92 Å². The number of thiophene rings is 1. The summed E-state index contributed by atoms with van der Waals surface area (Å²) in [7, 11) is 2.25. The first-order chi connectivity index (χ1) is 14.5. The maximum Gasteiger partial charge on any atom is 0.275 e. The summed E-state index contributed by atoms with van der Waals surface area (Å²) in [6.07, 6.45) is 7.69. The quantitative estimate of drug-likeness (QED) is 0.599. The van der Waals surface area contributed by atoms with Gasteiger partial charge in [-0.3, -0.25) is 9.36 Å². The van der Waals surface area contributed by atoms with Crippen molar-refractivity contribution >= 4 is 21.6 Å². The maximum absolute atomic E-state index is 13.0. The second-order valence-electron chi connectivity index (χ2n) is 9.20. The van der Waals surface area contributed by atoms with E-state index in [1.165, 1.54) is 17.7 Å². The highest BCUT2D eigenvalue weighted by molar-refractivity contribution is 7.18. The summed E-state index contributed by atoms with van der Waals surface area (Å²) in [6.45, 7) is 4.38. The van der Waals surface area contributed by atoms with Crippen molar-refractivity contribution in [2.45, 2.75) is 64.1 Å². The molecule has 0 amide bonds. The van der Waals surface area contributed by atoms with Crippen LogP contribution < -0.4 is 10.3 Å². The monoisotopic (exact) mass is 423 g/mol. The minimum Gasteiger partial charge on any atom is -0.490 e. The second-order valence-corrected chi connectivity index (χ2v) is 10.3. The van der Waals surface area contributed by atoms with Crippen molar-refractivity contribution in [3.63, 3.8) is 0 Å². The number of fused-ring (bicyclic) bond motifs is 3. The van der Waals surface area contributed by atoms with Gasteiger partial charge < -0.3 is 9.64 Å². The van der Waals surface area contributed by atoms with Crippen LogP contribution in [-0.4, -0.2) is 39.7 Å². The number of rotatable bonds is 5. The summed E-state index contributed by atoms with van der Waals surface area (Å²) in [4.78, 5) is 21.3. The van der Waals surface area contributed by atoms with Crippen molar-refractivity contribution in [2.75, 3.05) is 7.05 Å². The van der Waals surface area contributed by atoms with Gasteiger partial charge in [-0.1, -0.05) is 13.8 Å². The fourth-order valence-corrected chi connectivity index (χ4v) is 6.24. The van der Waals surface area contributed by atoms with Crippen LogP contribution in [0.15, 0.2) is 41.5 Å². The molecule has 3 aromatic rings. The van der Waals surface area contributed by atoms with E-state index in [9.17, 15) is 4.79 Å². The van der Waals surface area contributed by atoms with Crippen LogP contribution in [0.25, 0.3) is 15.9 Å². The molecule has 2 aromatic heterocycles. The molecule has 3 atom stereocenters. The Morgan fingerprint density at radius 1 is 1.17 bits per heavy atom. The number of hydrogen-bond donors (Lipinski definition) is 0. The van der Waals surface area contributed by atoms with Crippen LogP contribution in [0.5, 0.6) is 5.75 Å². The van der Waals surface area contributed by atoms with E-state index in [0.717, 1.165) is 40.9 Å². The Morgan fingerprint density at radius 2 is 1.87 bits per heavy atom. The van der Waals surface area contributed by atoms with Gasteiger partial charge in [0.15, 0.2) is 0 Å². The normalized spacial score (nSPS) is 24.1. The van der Waals surface area contributed by atoms with Crippen molar-refractivity contribution in [3.8, 4) is 11.4 Å². The molecular weight excluding hydrogens is 394 g/mol.